The van der Waals surface area contributed by atoms with Crippen LogP contribution in [0.25, 0.3) is 0 Å². The summed E-state index contributed by atoms with van der Waals surface area (Å²) in [4.78, 5) is 11.5. The molecule has 1 amide bonds. The summed E-state index contributed by atoms with van der Waals surface area (Å²) < 4.78 is 10.3. The first-order valence-electron chi connectivity index (χ1n) is 6.27. The Balaban J connectivity index is 1.97. The lowest BCUT2D eigenvalue weighted by atomic mass is 9.95. The van der Waals surface area contributed by atoms with Gasteiger partial charge in [-0.2, -0.15) is 0 Å². The molecule has 1 aliphatic carbocycles. The van der Waals surface area contributed by atoms with Gasteiger partial charge in [-0.05, 0) is 19.8 Å². The SMILES string of the molecule is CCOCCOCC(=O)NC1CCCCC1. The molecule has 4 heteroatoms. The molecule has 94 valence electrons. The van der Waals surface area contributed by atoms with Gasteiger partial charge in [-0.25, -0.2) is 0 Å². The third-order valence-electron chi connectivity index (χ3n) is 2.78. The van der Waals surface area contributed by atoms with Crippen molar-refractivity contribution >= 4 is 5.91 Å². The van der Waals surface area contributed by atoms with E-state index in [2.05, 4.69) is 5.32 Å². The molecule has 0 aromatic rings. The Labute approximate surface area is 97.7 Å². The third-order valence-corrected chi connectivity index (χ3v) is 2.78. The normalized spacial score (nSPS) is 17.3. The number of amides is 1. The Hall–Kier alpha value is -0.610. The summed E-state index contributed by atoms with van der Waals surface area (Å²) in [5.41, 5.74) is 0. The average molecular weight is 229 g/mol. The number of carbonyl (C=O) groups is 1. The quantitative estimate of drug-likeness (QED) is 0.673. The molecule has 0 aromatic carbocycles. The summed E-state index contributed by atoms with van der Waals surface area (Å²) in [6.45, 7) is 3.84. The number of rotatable bonds is 7. The molecule has 0 radical (unpaired) electrons. The highest BCUT2D eigenvalue weighted by Crippen LogP contribution is 2.17. The molecular formula is C12H23NO3. The Morgan fingerprint density at radius 1 is 1.19 bits per heavy atom. The van der Waals surface area contributed by atoms with E-state index in [1.54, 1.807) is 0 Å². The van der Waals surface area contributed by atoms with Gasteiger partial charge in [0.25, 0.3) is 0 Å². The van der Waals surface area contributed by atoms with E-state index >= 15 is 0 Å². The Morgan fingerprint density at radius 3 is 2.56 bits per heavy atom. The number of hydrogen-bond donors (Lipinski definition) is 1. The summed E-state index contributed by atoms with van der Waals surface area (Å²) in [6, 6.07) is 0.372. The van der Waals surface area contributed by atoms with E-state index in [9.17, 15) is 4.79 Å². The number of hydrogen-bond acceptors (Lipinski definition) is 3. The first-order chi connectivity index (χ1) is 7.83. The van der Waals surface area contributed by atoms with Crippen molar-refractivity contribution in [3.63, 3.8) is 0 Å². The third kappa shape index (κ3) is 6.08. The predicted octanol–water partition coefficient (Wildman–Crippen LogP) is 1.49. The Morgan fingerprint density at radius 2 is 1.88 bits per heavy atom. The lowest BCUT2D eigenvalue weighted by molar-refractivity contribution is -0.127. The molecule has 0 aromatic heterocycles. The molecule has 0 atom stereocenters. The predicted molar refractivity (Wildman–Crippen MR) is 62.3 cm³/mol. The Bertz CT molecular complexity index is 191. The summed E-state index contributed by atoms with van der Waals surface area (Å²) in [5.74, 6) is 0.00315. The highest BCUT2D eigenvalue weighted by atomic mass is 16.5. The summed E-state index contributed by atoms with van der Waals surface area (Å²) in [6.07, 6.45) is 6.00. The topological polar surface area (TPSA) is 47.6 Å². The van der Waals surface area contributed by atoms with E-state index < -0.39 is 0 Å². The molecule has 1 rings (SSSR count). The van der Waals surface area contributed by atoms with Crippen LogP contribution < -0.4 is 5.32 Å². The van der Waals surface area contributed by atoms with Crippen LogP contribution in [0.2, 0.25) is 0 Å². The molecule has 0 unspecified atom stereocenters. The highest BCUT2D eigenvalue weighted by molar-refractivity contribution is 5.77. The second-order valence-corrected chi connectivity index (χ2v) is 4.15. The molecule has 0 heterocycles. The van der Waals surface area contributed by atoms with Crippen LogP contribution in [0.5, 0.6) is 0 Å². The van der Waals surface area contributed by atoms with Crippen molar-refractivity contribution in [1.29, 1.82) is 0 Å². The van der Waals surface area contributed by atoms with Crippen molar-refractivity contribution in [2.75, 3.05) is 26.4 Å². The summed E-state index contributed by atoms with van der Waals surface area (Å²) >= 11 is 0. The van der Waals surface area contributed by atoms with E-state index in [0.29, 0.717) is 25.9 Å². The van der Waals surface area contributed by atoms with Crippen LogP contribution in [0, 0.1) is 0 Å². The first-order valence-corrected chi connectivity index (χ1v) is 6.27. The molecule has 1 saturated carbocycles. The van der Waals surface area contributed by atoms with Gasteiger partial charge in [-0.1, -0.05) is 19.3 Å². The standard InChI is InChI=1S/C12H23NO3/c1-2-15-8-9-16-10-12(14)13-11-6-4-3-5-7-11/h11H,2-10H2,1H3,(H,13,14). The minimum absolute atomic E-state index is 0.00315. The monoisotopic (exact) mass is 229 g/mol. The molecule has 1 fully saturated rings. The van der Waals surface area contributed by atoms with Crippen LogP contribution in [0.3, 0.4) is 0 Å². The maximum atomic E-state index is 11.5. The van der Waals surface area contributed by atoms with E-state index in [-0.39, 0.29) is 12.5 Å². The zero-order valence-corrected chi connectivity index (χ0v) is 10.2. The molecule has 0 spiro atoms. The van der Waals surface area contributed by atoms with Gasteiger partial charge in [-0.3, -0.25) is 4.79 Å². The van der Waals surface area contributed by atoms with E-state index in [1.165, 1.54) is 19.3 Å². The van der Waals surface area contributed by atoms with Gasteiger partial charge in [0.15, 0.2) is 0 Å². The Kier molecular flexibility index (Phi) is 7.17. The fraction of sp³-hybridized carbons (Fsp3) is 0.917. The van der Waals surface area contributed by atoms with E-state index in [0.717, 1.165) is 12.8 Å². The van der Waals surface area contributed by atoms with Gasteiger partial charge in [0, 0.05) is 12.6 Å². The van der Waals surface area contributed by atoms with Crippen molar-refractivity contribution in [3.05, 3.63) is 0 Å². The molecule has 0 saturated heterocycles. The fourth-order valence-corrected chi connectivity index (χ4v) is 1.94. The zero-order valence-electron chi connectivity index (χ0n) is 10.2. The van der Waals surface area contributed by atoms with Crippen molar-refractivity contribution in [2.24, 2.45) is 0 Å². The van der Waals surface area contributed by atoms with Crippen LogP contribution in [0.1, 0.15) is 39.0 Å². The largest absolute Gasteiger partial charge is 0.379 e. The van der Waals surface area contributed by atoms with Crippen molar-refractivity contribution < 1.29 is 14.3 Å². The van der Waals surface area contributed by atoms with Gasteiger partial charge < -0.3 is 14.8 Å². The maximum absolute atomic E-state index is 11.5. The smallest absolute Gasteiger partial charge is 0.246 e. The number of carbonyl (C=O) groups excluding carboxylic acids is 1. The van der Waals surface area contributed by atoms with Crippen molar-refractivity contribution in [1.82, 2.24) is 5.32 Å². The lowest BCUT2D eigenvalue weighted by Crippen LogP contribution is -2.38. The van der Waals surface area contributed by atoms with Crippen LogP contribution in [-0.2, 0) is 14.3 Å². The van der Waals surface area contributed by atoms with Crippen LogP contribution in [0.15, 0.2) is 0 Å². The molecule has 16 heavy (non-hydrogen) atoms. The number of ether oxygens (including phenoxy) is 2. The minimum Gasteiger partial charge on any atom is -0.379 e. The lowest BCUT2D eigenvalue weighted by Gasteiger charge is -2.22. The molecular weight excluding hydrogens is 206 g/mol. The van der Waals surface area contributed by atoms with Gasteiger partial charge in [0.2, 0.25) is 5.91 Å². The second-order valence-electron chi connectivity index (χ2n) is 4.15. The fourth-order valence-electron chi connectivity index (χ4n) is 1.94. The van der Waals surface area contributed by atoms with Crippen LogP contribution in [-0.4, -0.2) is 38.4 Å². The van der Waals surface area contributed by atoms with Gasteiger partial charge >= 0.3 is 0 Å². The van der Waals surface area contributed by atoms with Crippen molar-refractivity contribution in [2.45, 2.75) is 45.1 Å². The highest BCUT2D eigenvalue weighted by Gasteiger charge is 2.15. The molecule has 4 nitrogen and oxygen atoms in total. The second kappa shape index (κ2) is 8.53. The molecule has 0 aliphatic heterocycles. The van der Waals surface area contributed by atoms with Gasteiger partial charge in [-0.15, -0.1) is 0 Å². The molecule has 1 N–H and O–H groups in total. The van der Waals surface area contributed by atoms with Gasteiger partial charge in [0.1, 0.15) is 6.61 Å². The van der Waals surface area contributed by atoms with E-state index in [4.69, 9.17) is 9.47 Å². The average Bonchev–Trinajstić information content (AvgIpc) is 2.30. The molecule has 1 aliphatic rings. The maximum Gasteiger partial charge on any atom is 0.246 e. The van der Waals surface area contributed by atoms with Crippen LogP contribution >= 0.6 is 0 Å². The van der Waals surface area contributed by atoms with Gasteiger partial charge in [0.05, 0.1) is 13.2 Å². The zero-order chi connectivity index (χ0) is 11.6. The molecule has 0 bridgehead atoms. The van der Waals surface area contributed by atoms with E-state index in [1.807, 2.05) is 6.92 Å². The van der Waals surface area contributed by atoms with Crippen molar-refractivity contribution in [3.8, 4) is 0 Å². The minimum atomic E-state index is 0.00315. The number of nitrogens with one attached hydrogen (secondary N) is 1. The van der Waals surface area contributed by atoms with Crippen LogP contribution in [0.4, 0.5) is 0 Å². The summed E-state index contributed by atoms with van der Waals surface area (Å²) in [5, 5.41) is 3.01. The first kappa shape index (κ1) is 13.5. The summed E-state index contributed by atoms with van der Waals surface area (Å²) in [7, 11) is 0.